The average molecular weight is 1060 g/mol. The highest BCUT2D eigenvalue weighted by Crippen LogP contribution is 2.33. The molecule has 4 amide bonds. The third-order valence-corrected chi connectivity index (χ3v) is 15.0. The number of hydrogen-bond acceptors (Lipinski definition) is 15. The van der Waals surface area contributed by atoms with Gasteiger partial charge in [0, 0.05) is 61.9 Å². The zero-order chi connectivity index (χ0) is 54.4. The summed E-state index contributed by atoms with van der Waals surface area (Å²) in [6, 6.07) is 18.2. The molecule has 21 heteroatoms. The SMILES string of the molecule is C#Cc1ccc(CNC(=O)[C@@H]2C[C@@H](O)CN2C(=O)[C@@H](NC(=O)CCCCCS(=O)(=O)NC(=O)c2nc(N(C)c3cc(C)c(Nc4nc5ccccc5s4)nn3)ccc2-c2cnn(CC(C)(C)C)c2C)C(C)(C)C)cc1. The second kappa shape index (κ2) is 23.1. The number of fused-ring (bicyclic) bond motifs is 1. The van der Waals surface area contributed by atoms with Gasteiger partial charge in [-0.25, -0.2) is 23.1 Å². The van der Waals surface area contributed by atoms with Crippen LogP contribution in [0.3, 0.4) is 0 Å². The first kappa shape index (κ1) is 55.5. The number of likely N-dealkylation sites (tertiary alicyclic amines) is 1. The van der Waals surface area contributed by atoms with Gasteiger partial charge in [0.15, 0.2) is 16.8 Å². The van der Waals surface area contributed by atoms with E-state index in [1.807, 2.05) is 48.9 Å². The number of aromatic nitrogens is 6. The van der Waals surface area contributed by atoms with Crippen LogP contribution in [0.5, 0.6) is 0 Å². The smallest absolute Gasteiger partial charge is 0.284 e. The third-order valence-electron chi connectivity index (χ3n) is 12.7. The summed E-state index contributed by atoms with van der Waals surface area (Å²) in [6.07, 6.45) is 6.92. The lowest BCUT2D eigenvalue weighted by molar-refractivity contribution is -0.144. The van der Waals surface area contributed by atoms with Crippen molar-refractivity contribution in [3.63, 3.8) is 0 Å². The Morgan fingerprint density at radius 3 is 2.35 bits per heavy atom. The van der Waals surface area contributed by atoms with E-state index in [-0.39, 0.29) is 49.9 Å². The number of rotatable bonds is 19. The van der Waals surface area contributed by atoms with Crippen LogP contribution in [-0.2, 0) is 37.5 Å². The lowest BCUT2D eigenvalue weighted by Crippen LogP contribution is -2.57. The molecule has 1 aliphatic heterocycles. The van der Waals surface area contributed by atoms with E-state index in [0.29, 0.717) is 52.2 Å². The standard InChI is InChI=1S/C54H66N12O7S2/c1-11-35-20-22-36(23-21-35)29-55-49(69)41-28-37(67)31-65(41)51(71)47(54(7,8)9)59-45(68)19-13-12-16-26-75(72,73)63-50(70)46-38(39-30-56-66(34(39)3)32-53(4,5)6)24-25-43(58-46)64(10)44-27-33(2)48(62-61-44)60-52-57-40-17-14-15-18-42(40)74-52/h1,14-15,17-18,20-25,27,30,37,41,47,67H,12-13,16,19,26,28-29,31-32H2,2-10H3,(H,55,69)(H,59,68)(H,63,70)(H,57,60,62)/t37-,41+,47-/m1/s1. The average Bonchev–Trinajstić information content (AvgIpc) is 4.07. The predicted octanol–water partition coefficient (Wildman–Crippen LogP) is 6.93. The molecular weight excluding hydrogens is 993 g/mol. The number of nitrogens with one attached hydrogen (secondary N) is 4. The lowest BCUT2D eigenvalue weighted by atomic mass is 9.85. The summed E-state index contributed by atoms with van der Waals surface area (Å²) in [5.41, 5.74) is 3.91. The molecule has 0 saturated carbocycles. The molecule has 75 heavy (non-hydrogen) atoms. The van der Waals surface area contributed by atoms with Gasteiger partial charge in [0.2, 0.25) is 27.7 Å². The maximum Gasteiger partial charge on any atom is 0.284 e. The molecule has 0 bridgehead atoms. The minimum Gasteiger partial charge on any atom is -0.391 e. The number of aliphatic hydroxyl groups is 1. The van der Waals surface area contributed by atoms with Crippen molar-refractivity contribution in [2.24, 2.45) is 10.8 Å². The van der Waals surface area contributed by atoms with E-state index in [0.717, 1.165) is 27.0 Å². The molecule has 5 heterocycles. The molecule has 3 atom stereocenters. The number of thiazole rings is 1. The molecule has 5 N–H and O–H groups in total. The Labute approximate surface area is 442 Å². The predicted molar refractivity (Wildman–Crippen MR) is 291 cm³/mol. The highest BCUT2D eigenvalue weighted by atomic mass is 32.2. The Morgan fingerprint density at radius 1 is 0.933 bits per heavy atom. The van der Waals surface area contributed by atoms with Crippen molar-refractivity contribution in [3.05, 3.63) is 101 Å². The first-order valence-corrected chi connectivity index (χ1v) is 27.3. The van der Waals surface area contributed by atoms with Crippen molar-refractivity contribution in [2.75, 3.05) is 29.6 Å². The van der Waals surface area contributed by atoms with Crippen LogP contribution in [0, 0.1) is 37.0 Å². The molecule has 6 aromatic rings. The zero-order valence-electron chi connectivity index (χ0n) is 43.9. The number of β-amino-alcohol motifs (C(OH)–C–C–N with tert-alkyl or cyclic N) is 1. The molecule has 0 aliphatic carbocycles. The fourth-order valence-corrected chi connectivity index (χ4v) is 10.6. The van der Waals surface area contributed by atoms with Crippen LogP contribution in [0.2, 0.25) is 0 Å². The third kappa shape index (κ3) is 14.1. The topological polar surface area (TPSA) is 247 Å². The summed E-state index contributed by atoms with van der Waals surface area (Å²) in [7, 11) is -2.48. The Morgan fingerprint density at radius 2 is 1.67 bits per heavy atom. The van der Waals surface area contributed by atoms with Gasteiger partial charge < -0.3 is 30.9 Å². The van der Waals surface area contributed by atoms with Gasteiger partial charge in [0.25, 0.3) is 5.91 Å². The number of carbonyl (C=O) groups is 4. The summed E-state index contributed by atoms with van der Waals surface area (Å²) in [4.78, 5) is 67.4. The van der Waals surface area contributed by atoms with Gasteiger partial charge in [0.05, 0.1) is 28.3 Å². The van der Waals surface area contributed by atoms with Crippen LogP contribution in [0.25, 0.3) is 21.3 Å². The molecule has 4 aromatic heterocycles. The Kier molecular flexibility index (Phi) is 17.1. The second-order valence-electron chi connectivity index (χ2n) is 21.2. The summed E-state index contributed by atoms with van der Waals surface area (Å²) in [6.45, 7) is 16.1. The van der Waals surface area contributed by atoms with Gasteiger partial charge in [-0.15, -0.1) is 16.6 Å². The van der Waals surface area contributed by atoms with E-state index in [9.17, 15) is 32.7 Å². The van der Waals surface area contributed by atoms with E-state index in [1.165, 1.54) is 16.2 Å². The number of hydrogen-bond donors (Lipinski definition) is 5. The number of anilines is 4. The summed E-state index contributed by atoms with van der Waals surface area (Å²) >= 11 is 1.50. The van der Waals surface area contributed by atoms with Crippen LogP contribution in [0.4, 0.5) is 22.6 Å². The molecule has 396 valence electrons. The number of aliphatic hydroxyl groups excluding tert-OH is 1. The quantitative estimate of drug-likeness (QED) is 0.0408. The van der Waals surface area contributed by atoms with Gasteiger partial charge in [-0.3, -0.25) is 23.9 Å². The highest BCUT2D eigenvalue weighted by molar-refractivity contribution is 7.90. The van der Waals surface area contributed by atoms with Crippen molar-refractivity contribution in [2.45, 2.75) is 119 Å². The monoisotopic (exact) mass is 1060 g/mol. The molecule has 19 nitrogen and oxygen atoms in total. The van der Waals surface area contributed by atoms with Gasteiger partial charge in [0.1, 0.15) is 23.6 Å². The number of terminal acetylenes is 1. The molecule has 0 unspecified atom stereocenters. The number of unbranched alkanes of at least 4 members (excludes halogenated alkanes) is 2. The number of benzene rings is 2. The first-order chi connectivity index (χ1) is 35.4. The highest BCUT2D eigenvalue weighted by Gasteiger charge is 2.44. The Hall–Kier alpha value is -7.28. The summed E-state index contributed by atoms with van der Waals surface area (Å²) in [5, 5.41) is 33.7. The lowest BCUT2D eigenvalue weighted by Gasteiger charge is -2.35. The number of sulfonamides is 1. The van der Waals surface area contributed by atoms with Crippen LogP contribution in [0.15, 0.2) is 72.9 Å². The number of amides is 4. The maximum absolute atomic E-state index is 14.2. The minimum absolute atomic E-state index is 0.0145. The van der Waals surface area contributed by atoms with Crippen LogP contribution < -0.4 is 25.6 Å². The summed E-state index contributed by atoms with van der Waals surface area (Å²) < 4.78 is 32.3. The molecule has 2 aromatic carbocycles. The van der Waals surface area contributed by atoms with Gasteiger partial charge in [-0.05, 0) is 91.1 Å². The first-order valence-electron chi connectivity index (χ1n) is 24.8. The maximum atomic E-state index is 14.2. The van der Waals surface area contributed by atoms with Crippen LogP contribution in [0.1, 0.15) is 107 Å². The van der Waals surface area contributed by atoms with Crippen molar-refractivity contribution in [1.29, 1.82) is 0 Å². The number of carbonyl (C=O) groups excluding carboxylic acids is 4. The number of pyridine rings is 1. The largest absolute Gasteiger partial charge is 0.391 e. The summed E-state index contributed by atoms with van der Waals surface area (Å²) in [5.74, 6) is 1.09. The number of aryl methyl sites for hydroxylation is 1. The number of para-hydroxylation sites is 1. The van der Waals surface area contributed by atoms with Gasteiger partial charge in [-0.2, -0.15) is 5.10 Å². The molecule has 0 spiro atoms. The van der Waals surface area contributed by atoms with E-state index >= 15 is 0 Å². The van der Waals surface area contributed by atoms with E-state index in [1.54, 1.807) is 75.3 Å². The Bertz CT molecular complexity index is 3190. The zero-order valence-corrected chi connectivity index (χ0v) is 45.5. The van der Waals surface area contributed by atoms with Gasteiger partial charge in [-0.1, -0.05) is 89.5 Å². The van der Waals surface area contributed by atoms with Gasteiger partial charge >= 0.3 is 0 Å². The fraction of sp³-hybridized carbons (Fsp3) is 0.426. The van der Waals surface area contributed by atoms with Crippen molar-refractivity contribution >= 4 is 77.8 Å². The Balaban J connectivity index is 0.979. The normalized spacial score (nSPS) is 15.3. The van der Waals surface area contributed by atoms with Crippen molar-refractivity contribution < 1.29 is 32.7 Å². The molecule has 0 radical (unpaired) electrons. The van der Waals surface area contributed by atoms with Crippen LogP contribution >= 0.6 is 11.3 Å². The van der Waals surface area contributed by atoms with E-state index in [4.69, 9.17) is 11.4 Å². The second-order valence-corrected chi connectivity index (χ2v) is 24.1. The minimum atomic E-state index is -4.21. The molecule has 1 aliphatic rings. The molecular formula is C54H66N12O7S2. The molecule has 7 rings (SSSR count). The number of nitrogens with zero attached hydrogens (tertiary/aromatic N) is 8. The molecule has 1 saturated heterocycles. The fourth-order valence-electron chi connectivity index (χ4n) is 8.62. The van der Waals surface area contributed by atoms with Crippen molar-refractivity contribution in [3.8, 4) is 23.5 Å². The van der Waals surface area contributed by atoms with E-state index < -0.39 is 63.0 Å². The van der Waals surface area contributed by atoms with E-state index in [2.05, 4.69) is 67.6 Å². The van der Waals surface area contributed by atoms with Crippen LogP contribution in [-0.4, -0.2) is 110 Å². The van der Waals surface area contributed by atoms with Crippen molar-refractivity contribution in [1.82, 2.24) is 50.2 Å². The molecule has 1 fully saturated rings.